The van der Waals surface area contributed by atoms with Gasteiger partial charge >= 0.3 is 0 Å². The zero-order valence-corrected chi connectivity index (χ0v) is 10.7. The second kappa shape index (κ2) is 4.25. The quantitative estimate of drug-likeness (QED) is 0.573. The summed E-state index contributed by atoms with van der Waals surface area (Å²) in [5.74, 6) is -0.212. The van der Waals surface area contributed by atoms with Gasteiger partial charge < -0.3 is 5.11 Å². The highest BCUT2D eigenvalue weighted by atomic mass is 16.6. The molecule has 0 saturated carbocycles. The van der Waals surface area contributed by atoms with Crippen LogP contribution in [0.5, 0.6) is 0 Å². The zero-order valence-electron chi connectivity index (χ0n) is 10.7. The van der Waals surface area contributed by atoms with Crippen LogP contribution >= 0.6 is 0 Å². The number of nitro benzene ring substituents is 1. The van der Waals surface area contributed by atoms with E-state index in [4.69, 9.17) is 0 Å². The van der Waals surface area contributed by atoms with Crippen LogP contribution in [-0.4, -0.2) is 15.8 Å². The smallest absolute Gasteiger partial charge is 0.275 e. The molecular formula is C15H11NO4. The average molecular weight is 269 g/mol. The van der Waals surface area contributed by atoms with Crippen LogP contribution in [0.25, 0.3) is 11.1 Å². The molecule has 0 spiro atoms. The number of ketones is 1. The van der Waals surface area contributed by atoms with Crippen molar-refractivity contribution in [3.63, 3.8) is 0 Å². The number of rotatable bonds is 2. The van der Waals surface area contributed by atoms with Crippen LogP contribution < -0.4 is 0 Å². The highest BCUT2D eigenvalue weighted by molar-refractivity contribution is 6.22. The molecule has 20 heavy (non-hydrogen) atoms. The van der Waals surface area contributed by atoms with E-state index >= 15 is 0 Å². The molecule has 5 heteroatoms. The number of fused-ring (bicyclic) bond motifs is 3. The molecule has 0 heterocycles. The second-order valence-corrected chi connectivity index (χ2v) is 4.76. The molecule has 3 rings (SSSR count). The lowest BCUT2D eigenvalue weighted by molar-refractivity contribution is -0.386. The predicted octanol–water partition coefficient (Wildman–Crippen LogP) is 2.86. The Morgan fingerprint density at radius 3 is 2.35 bits per heavy atom. The maximum absolute atomic E-state index is 12.3. The Labute approximate surface area is 114 Å². The van der Waals surface area contributed by atoms with Crippen molar-refractivity contribution in [3.8, 4) is 11.1 Å². The van der Waals surface area contributed by atoms with E-state index in [1.165, 1.54) is 13.0 Å². The summed E-state index contributed by atoms with van der Waals surface area (Å²) in [6.07, 6.45) is -0.969. The van der Waals surface area contributed by atoms with Gasteiger partial charge in [0.25, 0.3) is 5.69 Å². The van der Waals surface area contributed by atoms with Crippen molar-refractivity contribution in [2.45, 2.75) is 13.0 Å². The Bertz CT molecular complexity index is 750. The van der Waals surface area contributed by atoms with Crippen molar-refractivity contribution in [3.05, 3.63) is 63.2 Å². The third-order valence-corrected chi connectivity index (χ3v) is 3.52. The Hall–Kier alpha value is -2.53. The molecule has 1 N–H and O–H groups in total. The predicted molar refractivity (Wildman–Crippen MR) is 72.6 cm³/mol. The third-order valence-electron chi connectivity index (χ3n) is 3.52. The van der Waals surface area contributed by atoms with E-state index in [2.05, 4.69) is 0 Å². The number of benzene rings is 2. The lowest BCUT2D eigenvalue weighted by Crippen LogP contribution is -2.02. The van der Waals surface area contributed by atoms with E-state index < -0.39 is 11.0 Å². The van der Waals surface area contributed by atoms with Crippen LogP contribution in [0.3, 0.4) is 0 Å². The first kappa shape index (κ1) is 12.5. The molecule has 0 aromatic heterocycles. The normalized spacial score (nSPS) is 13.8. The van der Waals surface area contributed by atoms with E-state index in [1.807, 2.05) is 6.07 Å². The number of carbonyl (C=O) groups excluding carboxylic acids is 1. The summed E-state index contributed by atoms with van der Waals surface area (Å²) in [6.45, 7) is 1.47. The van der Waals surface area contributed by atoms with E-state index in [1.54, 1.807) is 24.3 Å². The van der Waals surface area contributed by atoms with Gasteiger partial charge in [0, 0.05) is 17.2 Å². The number of hydrogen-bond donors (Lipinski definition) is 1. The van der Waals surface area contributed by atoms with E-state index in [0.717, 1.165) is 5.56 Å². The highest BCUT2D eigenvalue weighted by Crippen LogP contribution is 2.41. The second-order valence-electron chi connectivity index (χ2n) is 4.76. The summed E-state index contributed by atoms with van der Waals surface area (Å²) >= 11 is 0. The fraction of sp³-hybridized carbons (Fsp3) is 0.133. The fourth-order valence-electron chi connectivity index (χ4n) is 2.57. The number of nitrogens with zero attached hydrogens (tertiary/aromatic N) is 1. The summed E-state index contributed by atoms with van der Waals surface area (Å²) in [4.78, 5) is 22.8. The van der Waals surface area contributed by atoms with Crippen molar-refractivity contribution in [2.75, 3.05) is 0 Å². The van der Waals surface area contributed by atoms with Crippen LogP contribution in [0.15, 0.2) is 36.4 Å². The summed E-state index contributed by atoms with van der Waals surface area (Å²) in [6, 6.07) is 9.88. The van der Waals surface area contributed by atoms with E-state index in [0.29, 0.717) is 16.7 Å². The minimum absolute atomic E-state index is 0.212. The van der Waals surface area contributed by atoms with Crippen molar-refractivity contribution < 1.29 is 14.8 Å². The summed E-state index contributed by atoms with van der Waals surface area (Å²) in [5.41, 5.74) is 2.26. The van der Waals surface area contributed by atoms with Crippen LogP contribution in [0.1, 0.15) is 34.5 Å². The Kier molecular flexibility index (Phi) is 2.65. The van der Waals surface area contributed by atoms with Gasteiger partial charge in [-0.15, -0.1) is 0 Å². The summed E-state index contributed by atoms with van der Waals surface area (Å²) in [5, 5.41) is 20.8. The van der Waals surface area contributed by atoms with Gasteiger partial charge in [0.2, 0.25) is 0 Å². The zero-order chi connectivity index (χ0) is 14.4. The first-order valence-corrected chi connectivity index (χ1v) is 6.15. The lowest BCUT2D eigenvalue weighted by atomic mass is 9.99. The molecule has 2 aromatic rings. The number of aliphatic hydroxyl groups is 1. The molecule has 0 fully saturated rings. The molecule has 5 nitrogen and oxygen atoms in total. The number of carbonyl (C=O) groups is 1. The largest absolute Gasteiger partial charge is 0.388 e. The van der Waals surface area contributed by atoms with Crippen LogP contribution in [0.4, 0.5) is 5.69 Å². The van der Waals surface area contributed by atoms with E-state index in [9.17, 15) is 20.0 Å². The first-order chi connectivity index (χ1) is 9.50. The minimum atomic E-state index is -0.969. The van der Waals surface area contributed by atoms with E-state index in [-0.39, 0.29) is 17.0 Å². The van der Waals surface area contributed by atoms with Crippen LogP contribution in [0.2, 0.25) is 0 Å². The summed E-state index contributed by atoms with van der Waals surface area (Å²) < 4.78 is 0. The van der Waals surface area contributed by atoms with Crippen LogP contribution in [-0.2, 0) is 0 Å². The maximum Gasteiger partial charge on any atom is 0.275 e. The van der Waals surface area contributed by atoms with Gasteiger partial charge in [-0.25, -0.2) is 0 Å². The van der Waals surface area contributed by atoms with Crippen molar-refractivity contribution in [2.24, 2.45) is 0 Å². The van der Waals surface area contributed by atoms with Gasteiger partial charge in [-0.05, 0) is 24.1 Å². The van der Waals surface area contributed by atoms with Crippen molar-refractivity contribution in [1.82, 2.24) is 0 Å². The van der Waals surface area contributed by atoms with Crippen molar-refractivity contribution >= 4 is 11.5 Å². The third kappa shape index (κ3) is 1.64. The van der Waals surface area contributed by atoms with Crippen LogP contribution in [0, 0.1) is 10.1 Å². The molecule has 0 saturated heterocycles. The highest BCUT2D eigenvalue weighted by Gasteiger charge is 2.31. The number of nitro groups is 1. The topological polar surface area (TPSA) is 80.4 Å². The lowest BCUT2D eigenvalue weighted by Gasteiger charge is -2.08. The standard InChI is InChI=1S/C15H11NO4/c1-8(17)11-6-12-9-4-2-3-5-10(9)15(18)13(12)7-14(11)16(19)20/h2-8,17H,1H3. The van der Waals surface area contributed by atoms with Gasteiger partial charge in [-0.2, -0.15) is 0 Å². The molecule has 1 atom stereocenters. The maximum atomic E-state index is 12.3. The Morgan fingerprint density at radius 1 is 1.10 bits per heavy atom. The van der Waals surface area contributed by atoms with Crippen molar-refractivity contribution in [1.29, 1.82) is 0 Å². The summed E-state index contributed by atoms with van der Waals surface area (Å²) in [7, 11) is 0. The molecule has 100 valence electrons. The van der Waals surface area contributed by atoms with Gasteiger partial charge in [0.15, 0.2) is 5.78 Å². The molecule has 1 aliphatic rings. The monoisotopic (exact) mass is 269 g/mol. The fourth-order valence-corrected chi connectivity index (χ4v) is 2.57. The molecule has 0 aliphatic heterocycles. The Morgan fingerprint density at radius 2 is 1.75 bits per heavy atom. The van der Waals surface area contributed by atoms with Gasteiger partial charge in [0.1, 0.15) is 0 Å². The molecular weight excluding hydrogens is 258 g/mol. The molecule has 0 amide bonds. The van der Waals surface area contributed by atoms with Gasteiger partial charge in [0.05, 0.1) is 16.6 Å². The molecule has 0 radical (unpaired) electrons. The first-order valence-electron chi connectivity index (χ1n) is 6.15. The Balaban J connectivity index is 2.33. The minimum Gasteiger partial charge on any atom is -0.388 e. The number of hydrogen-bond acceptors (Lipinski definition) is 4. The molecule has 1 aliphatic carbocycles. The molecule has 0 bridgehead atoms. The molecule has 1 unspecified atom stereocenters. The van der Waals surface area contributed by atoms with Gasteiger partial charge in [-0.3, -0.25) is 14.9 Å². The average Bonchev–Trinajstić information content (AvgIpc) is 2.71. The number of aliphatic hydroxyl groups excluding tert-OH is 1. The van der Waals surface area contributed by atoms with Gasteiger partial charge in [-0.1, -0.05) is 24.3 Å². The SMILES string of the molecule is CC(O)c1cc2c(cc1[N+](=O)[O-])C(=O)c1ccccc1-2. The molecule has 2 aromatic carbocycles.